The van der Waals surface area contributed by atoms with Crippen molar-refractivity contribution in [3.8, 4) is 11.1 Å². The van der Waals surface area contributed by atoms with Crippen molar-refractivity contribution in [2.24, 2.45) is 5.73 Å². The highest BCUT2D eigenvalue weighted by Crippen LogP contribution is 2.43. The quantitative estimate of drug-likeness (QED) is 0.413. The summed E-state index contributed by atoms with van der Waals surface area (Å²) < 4.78 is 41.9. The van der Waals surface area contributed by atoms with E-state index in [-0.39, 0.29) is 32.9 Å². The van der Waals surface area contributed by atoms with Crippen LogP contribution in [0.25, 0.3) is 21.3 Å². The van der Waals surface area contributed by atoms with E-state index in [1.54, 1.807) is 24.3 Å². The van der Waals surface area contributed by atoms with Crippen molar-refractivity contribution in [1.29, 1.82) is 0 Å². The molecule has 12 heteroatoms. The summed E-state index contributed by atoms with van der Waals surface area (Å²) in [6, 6.07) is 7.70. The number of carbonyl (C=O) groups is 2. The molecule has 0 aliphatic rings. The zero-order valence-corrected chi connectivity index (χ0v) is 18.5. The number of nitrogens with two attached hydrogens (primary N) is 1. The molecular weight excluding hydrogens is 479 g/mol. The van der Waals surface area contributed by atoms with Crippen molar-refractivity contribution in [3.63, 3.8) is 0 Å². The first-order valence-electron chi connectivity index (χ1n) is 9.42. The number of nitrogens with one attached hydrogen (secondary N) is 1. The van der Waals surface area contributed by atoms with Crippen molar-refractivity contribution in [2.75, 3.05) is 5.32 Å². The van der Waals surface area contributed by atoms with Crippen LogP contribution in [-0.2, 0) is 17.5 Å². The van der Waals surface area contributed by atoms with E-state index in [4.69, 9.17) is 17.3 Å². The molecule has 0 aliphatic carbocycles. The Morgan fingerprint density at radius 2 is 1.94 bits per heavy atom. The maximum atomic E-state index is 13.6. The predicted octanol–water partition coefficient (Wildman–Crippen LogP) is 4.88. The van der Waals surface area contributed by atoms with Crippen molar-refractivity contribution in [3.05, 3.63) is 63.9 Å². The maximum Gasteiger partial charge on any atom is 0.433 e. The van der Waals surface area contributed by atoms with E-state index in [1.165, 1.54) is 17.1 Å². The zero-order chi connectivity index (χ0) is 23.9. The Kier molecular flexibility index (Phi) is 5.85. The molecule has 0 spiro atoms. The Balaban J connectivity index is 1.90. The summed E-state index contributed by atoms with van der Waals surface area (Å²) in [5.74, 6) is -1.48. The molecular formula is C21H15ClF3N5O2S. The smallest absolute Gasteiger partial charge is 0.365 e. The highest BCUT2D eigenvalue weighted by atomic mass is 35.5. The monoisotopic (exact) mass is 493 g/mol. The van der Waals surface area contributed by atoms with Crippen LogP contribution in [0.4, 0.5) is 18.9 Å². The molecule has 0 atom stereocenters. The number of nitrogens with zero attached hydrogens (tertiary/aromatic N) is 3. The average Bonchev–Trinajstić information content (AvgIpc) is 3.30. The summed E-state index contributed by atoms with van der Waals surface area (Å²) in [6.45, 7) is 1.60. The van der Waals surface area contributed by atoms with Gasteiger partial charge in [-0.25, -0.2) is 4.98 Å². The number of halogens is 4. The summed E-state index contributed by atoms with van der Waals surface area (Å²) >= 11 is 6.49. The number of hydrogen-bond donors (Lipinski definition) is 2. The lowest BCUT2D eigenvalue weighted by Crippen LogP contribution is -2.21. The van der Waals surface area contributed by atoms with E-state index in [0.717, 1.165) is 11.6 Å². The van der Waals surface area contributed by atoms with Gasteiger partial charge in [-0.05, 0) is 24.1 Å². The van der Waals surface area contributed by atoms with Gasteiger partial charge >= 0.3 is 6.18 Å². The van der Waals surface area contributed by atoms with Crippen LogP contribution in [0.1, 0.15) is 20.9 Å². The minimum atomic E-state index is -4.71. The van der Waals surface area contributed by atoms with Crippen molar-refractivity contribution < 1.29 is 22.8 Å². The van der Waals surface area contributed by atoms with Crippen molar-refractivity contribution in [2.45, 2.75) is 19.6 Å². The minimum absolute atomic E-state index is 0.00236. The highest BCUT2D eigenvalue weighted by molar-refractivity contribution is 7.21. The fraction of sp³-hybridized carbons (Fsp3) is 0.143. The van der Waals surface area contributed by atoms with Gasteiger partial charge in [0.1, 0.15) is 21.9 Å². The topological polar surface area (TPSA) is 103 Å². The van der Waals surface area contributed by atoms with E-state index < -0.39 is 23.7 Å². The molecule has 0 bridgehead atoms. The van der Waals surface area contributed by atoms with Gasteiger partial charge in [0.25, 0.3) is 5.91 Å². The Morgan fingerprint density at radius 3 is 2.52 bits per heavy atom. The number of amides is 2. The summed E-state index contributed by atoms with van der Waals surface area (Å²) in [4.78, 5) is 28.3. The van der Waals surface area contributed by atoms with Gasteiger partial charge in [-0.3, -0.25) is 14.3 Å². The minimum Gasteiger partial charge on any atom is -0.365 e. The molecule has 4 aromatic rings. The fourth-order valence-electron chi connectivity index (χ4n) is 3.25. The zero-order valence-electron chi connectivity index (χ0n) is 16.9. The molecule has 33 heavy (non-hydrogen) atoms. The number of pyridine rings is 1. The second-order valence-electron chi connectivity index (χ2n) is 7.17. The van der Waals surface area contributed by atoms with Crippen LogP contribution in [0.2, 0.25) is 5.02 Å². The van der Waals surface area contributed by atoms with Crippen LogP contribution in [0.5, 0.6) is 0 Å². The maximum absolute atomic E-state index is 13.6. The van der Waals surface area contributed by atoms with Gasteiger partial charge in [-0.15, -0.1) is 11.3 Å². The number of fused-ring (bicyclic) bond motifs is 1. The fourth-order valence-corrected chi connectivity index (χ4v) is 4.41. The molecule has 0 radical (unpaired) electrons. The molecule has 0 fully saturated rings. The van der Waals surface area contributed by atoms with Crippen LogP contribution in [0, 0.1) is 6.92 Å². The lowest BCUT2D eigenvalue weighted by Gasteiger charge is -2.12. The first-order chi connectivity index (χ1) is 15.5. The van der Waals surface area contributed by atoms with E-state index in [1.807, 2.05) is 6.92 Å². The third-order valence-corrected chi connectivity index (χ3v) is 6.00. The van der Waals surface area contributed by atoms with Crippen LogP contribution in [0.15, 0.2) is 42.7 Å². The second kappa shape index (κ2) is 8.49. The summed E-state index contributed by atoms with van der Waals surface area (Å²) in [5.41, 5.74) is 5.89. The summed E-state index contributed by atoms with van der Waals surface area (Å²) in [5, 5.41) is 7.03. The Labute approximate surface area is 194 Å². The number of aryl methyl sites for hydroxylation is 1. The van der Waals surface area contributed by atoms with Gasteiger partial charge in [-0.1, -0.05) is 41.4 Å². The first-order valence-corrected chi connectivity index (χ1v) is 10.6. The van der Waals surface area contributed by atoms with Crippen LogP contribution >= 0.6 is 22.9 Å². The number of anilines is 1. The lowest BCUT2D eigenvalue weighted by atomic mass is 10.00. The molecule has 170 valence electrons. The predicted molar refractivity (Wildman–Crippen MR) is 119 cm³/mol. The molecule has 0 aliphatic heterocycles. The Hall–Kier alpha value is -3.44. The summed E-state index contributed by atoms with van der Waals surface area (Å²) in [6.07, 6.45) is -1.94. The van der Waals surface area contributed by atoms with Gasteiger partial charge in [0.05, 0.1) is 16.9 Å². The number of benzene rings is 1. The average molecular weight is 494 g/mol. The molecule has 3 aromatic heterocycles. The largest absolute Gasteiger partial charge is 0.433 e. The third kappa shape index (κ3) is 4.69. The summed E-state index contributed by atoms with van der Waals surface area (Å²) in [7, 11) is 0. The number of primary amides is 1. The van der Waals surface area contributed by atoms with Crippen molar-refractivity contribution in [1.82, 2.24) is 14.8 Å². The molecule has 0 saturated heterocycles. The first kappa shape index (κ1) is 22.7. The molecule has 1 aromatic carbocycles. The van der Waals surface area contributed by atoms with Gasteiger partial charge < -0.3 is 11.1 Å². The molecule has 0 unspecified atom stereocenters. The van der Waals surface area contributed by atoms with Crippen LogP contribution in [0.3, 0.4) is 0 Å². The second-order valence-corrected chi connectivity index (χ2v) is 8.61. The van der Waals surface area contributed by atoms with Gasteiger partial charge in [0, 0.05) is 11.6 Å². The number of carbonyl (C=O) groups excluding carboxylic acids is 2. The van der Waals surface area contributed by atoms with Crippen molar-refractivity contribution >= 4 is 50.7 Å². The lowest BCUT2D eigenvalue weighted by molar-refractivity contribution is -0.140. The molecule has 2 amide bonds. The van der Waals surface area contributed by atoms with E-state index >= 15 is 0 Å². The Morgan fingerprint density at radius 1 is 1.24 bits per heavy atom. The normalized spacial score (nSPS) is 11.7. The van der Waals surface area contributed by atoms with E-state index in [2.05, 4.69) is 15.4 Å². The number of thiophene rings is 1. The molecule has 4 rings (SSSR count). The van der Waals surface area contributed by atoms with E-state index in [0.29, 0.717) is 21.9 Å². The number of aromatic nitrogens is 3. The number of rotatable bonds is 5. The third-order valence-electron chi connectivity index (χ3n) is 4.71. The highest BCUT2D eigenvalue weighted by Gasteiger charge is 2.35. The molecule has 0 saturated carbocycles. The molecule has 3 heterocycles. The Bertz CT molecular complexity index is 1380. The van der Waals surface area contributed by atoms with Crippen LogP contribution < -0.4 is 11.1 Å². The van der Waals surface area contributed by atoms with Crippen LogP contribution in [-0.4, -0.2) is 26.6 Å². The van der Waals surface area contributed by atoms with Gasteiger partial charge in [0.15, 0.2) is 0 Å². The SMILES string of the molecule is Cc1ccc(-c2cc(C(F)(F)F)nc3sc(C(N)=O)c(NC(=O)Cn4cc(Cl)cn4)c23)cc1. The molecule has 7 nitrogen and oxygen atoms in total. The van der Waals surface area contributed by atoms with Gasteiger partial charge in [0.2, 0.25) is 5.91 Å². The molecule has 3 N–H and O–H groups in total. The van der Waals surface area contributed by atoms with E-state index in [9.17, 15) is 22.8 Å². The number of hydrogen-bond acceptors (Lipinski definition) is 5. The standard InChI is InChI=1S/C21H15ClF3N5O2S/c1-10-2-4-11(5-3-10)13-6-14(21(23,24)25)28-20-16(13)17(18(33-20)19(26)32)29-15(31)9-30-8-12(22)7-27-30/h2-8H,9H2,1H3,(H2,26,32)(H,29,31). The number of alkyl halides is 3. The van der Waals surface area contributed by atoms with Gasteiger partial charge in [-0.2, -0.15) is 18.3 Å².